The summed E-state index contributed by atoms with van der Waals surface area (Å²) >= 11 is 3.48. The molecule has 0 N–H and O–H groups in total. The van der Waals surface area contributed by atoms with Gasteiger partial charge >= 0.3 is 0 Å². The van der Waals surface area contributed by atoms with E-state index in [0.717, 1.165) is 35.2 Å². The van der Waals surface area contributed by atoms with Gasteiger partial charge in [-0.15, -0.1) is 0 Å². The predicted octanol–water partition coefficient (Wildman–Crippen LogP) is 5.08. The van der Waals surface area contributed by atoms with Crippen molar-refractivity contribution in [1.82, 2.24) is 4.98 Å². The summed E-state index contributed by atoms with van der Waals surface area (Å²) in [5.41, 5.74) is 2.24. The zero-order valence-electron chi connectivity index (χ0n) is 13.1. The summed E-state index contributed by atoms with van der Waals surface area (Å²) in [6, 6.07) is 11.1. The molecule has 0 radical (unpaired) electrons. The standard InChI is InChI=1S/C18H16BrFN2O2/c1-23-17-9-11(19)4-6-13(17)15-3-2-8-22(15)18-21-14-10-12(20)5-7-16(14)24-18/h4-7,9-10,15H,2-3,8H2,1H3. The first-order valence-electron chi connectivity index (χ1n) is 7.82. The van der Waals surface area contributed by atoms with Crippen molar-refractivity contribution in [2.24, 2.45) is 0 Å². The molecule has 2 heterocycles. The maximum atomic E-state index is 13.4. The van der Waals surface area contributed by atoms with E-state index >= 15 is 0 Å². The summed E-state index contributed by atoms with van der Waals surface area (Å²) in [5, 5.41) is 0. The maximum absolute atomic E-state index is 13.4. The lowest BCUT2D eigenvalue weighted by Crippen LogP contribution is -2.23. The highest BCUT2D eigenvalue weighted by atomic mass is 79.9. The van der Waals surface area contributed by atoms with Crippen molar-refractivity contribution in [2.75, 3.05) is 18.6 Å². The summed E-state index contributed by atoms with van der Waals surface area (Å²) in [4.78, 5) is 6.60. The average Bonchev–Trinajstić information content (AvgIpc) is 3.20. The second-order valence-corrected chi connectivity index (χ2v) is 6.76. The summed E-state index contributed by atoms with van der Waals surface area (Å²) in [6.07, 6.45) is 2.03. The molecule has 0 amide bonds. The highest BCUT2D eigenvalue weighted by Crippen LogP contribution is 2.41. The Morgan fingerprint density at radius 2 is 2.17 bits per heavy atom. The van der Waals surface area contributed by atoms with E-state index < -0.39 is 0 Å². The van der Waals surface area contributed by atoms with Gasteiger partial charge in [0.15, 0.2) is 5.58 Å². The molecule has 1 aromatic heterocycles. The third-order valence-electron chi connectivity index (χ3n) is 4.39. The normalized spacial score (nSPS) is 17.6. The largest absolute Gasteiger partial charge is 0.496 e. The molecule has 1 saturated heterocycles. The van der Waals surface area contributed by atoms with Crippen LogP contribution in [0.5, 0.6) is 5.75 Å². The van der Waals surface area contributed by atoms with E-state index in [0.29, 0.717) is 17.1 Å². The van der Waals surface area contributed by atoms with Crippen LogP contribution in [0.15, 0.2) is 45.3 Å². The lowest BCUT2D eigenvalue weighted by Gasteiger charge is -2.24. The van der Waals surface area contributed by atoms with Gasteiger partial charge in [-0.3, -0.25) is 0 Å². The number of halogens is 2. The van der Waals surface area contributed by atoms with Crippen molar-refractivity contribution < 1.29 is 13.5 Å². The van der Waals surface area contributed by atoms with Crippen LogP contribution in [0.3, 0.4) is 0 Å². The zero-order valence-corrected chi connectivity index (χ0v) is 14.7. The van der Waals surface area contributed by atoms with E-state index in [1.807, 2.05) is 12.1 Å². The number of anilines is 1. The smallest absolute Gasteiger partial charge is 0.298 e. The quantitative estimate of drug-likeness (QED) is 0.624. The molecule has 0 saturated carbocycles. The van der Waals surface area contributed by atoms with Crippen LogP contribution in [0.1, 0.15) is 24.4 Å². The minimum atomic E-state index is -0.310. The topological polar surface area (TPSA) is 38.5 Å². The van der Waals surface area contributed by atoms with Crippen molar-refractivity contribution >= 4 is 33.0 Å². The van der Waals surface area contributed by atoms with Crippen molar-refractivity contribution in [3.05, 3.63) is 52.3 Å². The Bertz CT molecular complexity index is 896. The second kappa shape index (κ2) is 6.09. The number of hydrogen-bond donors (Lipinski definition) is 0. The first-order chi connectivity index (χ1) is 11.7. The van der Waals surface area contributed by atoms with E-state index in [9.17, 15) is 4.39 Å². The molecule has 0 aliphatic carbocycles. The summed E-state index contributed by atoms with van der Waals surface area (Å²) in [5.74, 6) is 0.526. The number of hydrogen-bond acceptors (Lipinski definition) is 4. The third kappa shape index (κ3) is 2.65. The van der Waals surface area contributed by atoms with Gasteiger partial charge in [0, 0.05) is 22.6 Å². The molecule has 6 heteroatoms. The number of nitrogens with zero attached hydrogens (tertiary/aromatic N) is 2. The van der Waals surface area contributed by atoms with Crippen LogP contribution in [0.2, 0.25) is 0 Å². The van der Waals surface area contributed by atoms with Gasteiger partial charge in [0.25, 0.3) is 6.01 Å². The van der Waals surface area contributed by atoms with Gasteiger partial charge in [0.2, 0.25) is 0 Å². The minimum Gasteiger partial charge on any atom is -0.496 e. The molecule has 4 rings (SSSR count). The predicted molar refractivity (Wildman–Crippen MR) is 94.0 cm³/mol. The van der Waals surface area contributed by atoms with Gasteiger partial charge < -0.3 is 14.1 Å². The molecule has 1 fully saturated rings. The number of rotatable bonds is 3. The molecule has 124 valence electrons. The van der Waals surface area contributed by atoms with Crippen LogP contribution in [-0.2, 0) is 0 Å². The number of fused-ring (bicyclic) bond motifs is 1. The van der Waals surface area contributed by atoms with Crippen LogP contribution in [0, 0.1) is 5.82 Å². The number of benzene rings is 2. The van der Waals surface area contributed by atoms with E-state index in [-0.39, 0.29) is 11.9 Å². The third-order valence-corrected chi connectivity index (χ3v) is 4.88. The Labute approximate surface area is 147 Å². The molecular formula is C18H16BrFN2O2. The maximum Gasteiger partial charge on any atom is 0.298 e. The Balaban J connectivity index is 1.74. The van der Waals surface area contributed by atoms with Crippen molar-refractivity contribution in [1.29, 1.82) is 0 Å². The van der Waals surface area contributed by atoms with Gasteiger partial charge in [-0.2, -0.15) is 4.98 Å². The molecule has 3 aromatic rings. The van der Waals surface area contributed by atoms with Crippen molar-refractivity contribution in [3.63, 3.8) is 0 Å². The fourth-order valence-corrected chi connectivity index (χ4v) is 3.63. The van der Waals surface area contributed by atoms with Crippen LogP contribution >= 0.6 is 15.9 Å². The molecule has 1 aliphatic rings. The van der Waals surface area contributed by atoms with E-state index in [4.69, 9.17) is 9.15 Å². The molecule has 4 nitrogen and oxygen atoms in total. The summed E-state index contributed by atoms with van der Waals surface area (Å²) in [7, 11) is 1.67. The molecular weight excluding hydrogens is 375 g/mol. The fourth-order valence-electron chi connectivity index (χ4n) is 3.29. The number of aromatic nitrogens is 1. The van der Waals surface area contributed by atoms with Crippen molar-refractivity contribution in [3.8, 4) is 5.75 Å². The zero-order chi connectivity index (χ0) is 16.7. The molecule has 0 bridgehead atoms. The van der Waals surface area contributed by atoms with E-state index in [1.54, 1.807) is 13.2 Å². The van der Waals surface area contributed by atoms with Gasteiger partial charge in [-0.1, -0.05) is 22.0 Å². The first-order valence-corrected chi connectivity index (χ1v) is 8.61. The molecule has 24 heavy (non-hydrogen) atoms. The first kappa shape index (κ1) is 15.4. The van der Waals surface area contributed by atoms with Crippen LogP contribution in [0.25, 0.3) is 11.1 Å². The Kier molecular flexibility index (Phi) is 3.92. The lowest BCUT2D eigenvalue weighted by molar-refractivity contribution is 0.404. The average molecular weight is 391 g/mol. The Morgan fingerprint density at radius 1 is 1.29 bits per heavy atom. The van der Waals surface area contributed by atoms with E-state index in [2.05, 4.69) is 31.9 Å². The monoisotopic (exact) mass is 390 g/mol. The SMILES string of the molecule is COc1cc(Br)ccc1C1CCCN1c1nc2cc(F)ccc2o1. The van der Waals surface area contributed by atoms with Gasteiger partial charge in [0.05, 0.1) is 13.2 Å². The number of ether oxygens (including phenoxy) is 1. The second-order valence-electron chi connectivity index (χ2n) is 5.85. The molecule has 0 spiro atoms. The minimum absolute atomic E-state index is 0.131. The van der Waals surface area contributed by atoms with Crippen LogP contribution < -0.4 is 9.64 Å². The molecule has 1 aliphatic heterocycles. The number of oxazole rings is 1. The number of methoxy groups -OCH3 is 1. The highest BCUT2D eigenvalue weighted by molar-refractivity contribution is 9.10. The molecule has 2 aromatic carbocycles. The van der Waals surface area contributed by atoms with Gasteiger partial charge in [-0.25, -0.2) is 4.39 Å². The van der Waals surface area contributed by atoms with Gasteiger partial charge in [-0.05, 0) is 37.1 Å². The lowest BCUT2D eigenvalue weighted by atomic mass is 10.0. The summed E-state index contributed by atoms with van der Waals surface area (Å²) < 4.78 is 25.8. The van der Waals surface area contributed by atoms with Crippen LogP contribution in [-0.4, -0.2) is 18.6 Å². The fraction of sp³-hybridized carbons (Fsp3) is 0.278. The van der Waals surface area contributed by atoms with Gasteiger partial charge in [0.1, 0.15) is 17.1 Å². The van der Waals surface area contributed by atoms with E-state index in [1.165, 1.54) is 12.1 Å². The summed E-state index contributed by atoms with van der Waals surface area (Å²) in [6.45, 7) is 0.846. The van der Waals surface area contributed by atoms with Crippen molar-refractivity contribution in [2.45, 2.75) is 18.9 Å². The van der Waals surface area contributed by atoms with Crippen LogP contribution in [0.4, 0.5) is 10.4 Å². The molecule has 1 atom stereocenters. The Hall–Kier alpha value is -2.08. The highest BCUT2D eigenvalue weighted by Gasteiger charge is 2.31. The Morgan fingerprint density at radius 3 is 3.00 bits per heavy atom. The molecule has 1 unspecified atom stereocenters.